The number of aryl methyl sites for hydroxylation is 1. The Morgan fingerprint density at radius 1 is 0.914 bits per heavy atom. The second kappa shape index (κ2) is 14.2. The van der Waals surface area contributed by atoms with E-state index in [1.54, 1.807) is 12.0 Å². The molecule has 0 saturated carbocycles. The number of carbonyl (C=O) groups excluding carboxylic acids is 2. The lowest BCUT2D eigenvalue weighted by molar-refractivity contribution is -0.141. The van der Waals surface area contributed by atoms with Crippen LogP contribution in [0.25, 0.3) is 0 Å². The van der Waals surface area contributed by atoms with E-state index in [2.05, 4.69) is 5.32 Å². The normalized spacial score (nSPS) is 11.6. The Morgan fingerprint density at radius 3 is 2.11 bits per heavy atom. The molecule has 0 heterocycles. The lowest BCUT2D eigenvalue weighted by Gasteiger charge is -2.31. The number of hydrogen-bond acceptors (Lipinski definition) is 5. The van der Waals surface area contributed by atoms with E-state index in [-0.39, 0.29) is 24.3 Å². The van der Waals surface area contributed by atoms with E-state index < -0.39 is 6.04 Å². The third kappa shape index (κ3) is 8.50. The maximum atomic E-state index is 13.5. The summed E-state index contributed by atoms with van der Waals surface area (Å²) in [6.07, 6.45) is 1.34. The van der Waals surface area contributed by atoms with Crippen molar-refractivity contribution in [1.82, 2.24) is 10.2 Å². The van der Waals surface area contributed by atoms with Crippen molar-refractivity contribution in [2.75, 3.05) is 20.3 Å². The lowest BCUT2D eigenvalue weighted by atomic mass is 10.1. The molecule has 0 spiro atoms. The van der Waals surface area contributed by atoms with E-state index in [9.17, 15) is 9.59 Å². The summed E-state index contributed by atoms with van der Waals surface area (Å²) in [5.41, 5.74) is 1.92. The number of methoxy groups -OCH3 is 1. The van der Waals surface area contributed by atoms with Crippen molar-refractivity contribution in [2.45, 2.75) is 72.5 Å². The van der Waals surface area contributed by atoms with Gasteiger partial charge in [-0.15, -0.1) is 0 Å². The molecule has 2 aromatic rings. The molecule has 0 radical (unpaired) electrons. The molecule has 0 aliphatic heterocycles. The first-order valence-corrected chi connectivity index (χ1v) is 12.4. The zero-order chi connectivity index (χ0) is 25.8. The predicted molar refractivity (Wildman–Crippen MR) is 138 cm³/mol. The number of nitrogens with one attached hydrogen (secondary N) is 1. The molecule has 0 aromatic heterocycles. The molecule has 0 bridgehead atoms. The SMILES string of the molecule is CCOc1ccc(CCC(=O)N(Cc2ccc(OC)cc2)C(CC)C(=O)NC(C)C)cc1OCC. The van der Waals surface area contributed by atoms with Crippen molar-refractivity contribution >= 4 is 11.8 Å². The zero-order valence-corrected chi connectivity index (χ0v) is 21.9. The Hall–Kier alpha value is -3.22. The van der Waals surface area contributed by atoms with Gasteiger partial charge in [0.25, 0.3) is 0 Å². The highest BCUT2D eigenvalue weighted by Gasteiger charge is 2.28. The van der Waals surface area contributed by atoms with Gasteiger partial charge in [0.15, 0.2) is 11.5 Å². The van der Waals surface area contributed by atoms with Crippen molar-refractivity contribution in [3.63, 3.8) is 0 Å². The average Bonchev–Trinajstić information content (AvgIpc) is 2.84. The first-order valence-electron chi connectivity index (χ1n) is 12.4. The van der Waals surface area contributed by atoms with E-state index in [1.165, 1.54) is 0 Å². The van der Waals surface area contributed by atoms with Gasteiger partial charge in [-0.3, -0.25) is 9.59 Å². The van der Waals surface area contributed by atoms with Crippen LogP contribution in [0.2, 0.25) is 0 Å². The molecule has 192 valence electrons. The summed E-state index contributed by atoms with van der Waals surface area (Å²) >= 11 is 0. The predicted octanol–water partition coefficient (Wildman–Crippen LogP) is 4.76. The van der Waals surface area contributed by atoms with Crippen LogP contribution in [0.5, 0.6) is 17.2 Å². The van der Waals surface area contributed by atoms with Crippen LogP contribution in [0.1, 0.15) is 58.6 Å². The minimum absolute atomic E-state index is 0.00432. The molecule has 2 rings (SSSR count). The van der Waals surface area contributed by atoms with Crippen LogP contribution >= 0.6 is 0 Å². The molecule has 35 heavy (non-hydrogen) atoms. The van der Waals surface area contributed by atoms with Gasteiger partial charge < -0.3 is 24.4 Å². The summed E-state index contributed by atoms with van der Waals surface area (Å²) in [6.45, 7) is 11.1. The van der Waals surface area contributed by atoms with E-state index in [4.69, 9.17) is 14.2 Å². The van der Waals surface area contributed by atoms with Crippen LogP contribution in [0.4, 0.5) is 0 Å². The number of hydrogen-bond donors (Lipinski definition) is 1. The Morgan fingerprint density at radius 2 is 1.54 bits per heavy atom. The molecule has 7 heteroatoms. The van der Waals surface area contributed by atoms with Gasteiger partial charge in [0.2, 0.25) is 11.8 Å². The number of carbonyl (C=O) groups is 2. The fraction of sp³-hybridized carbons (Fsp3) is 0.500. The van der Waals surface area contributed by atoms with Crippen LogP contribution in [-0.4, -0.2) is 49.1 Å². The van der Waals surface area contributed by atoms with Crippen LogP contribution in [0.3, 0.4) is 0 Å². The number of benzene rings is 2. The van der Waals surface area contributed by atoms with Crippen LogP contribution in [0, 0.1) is 0 Å². The van der Waals surface area contributed by atoms with Crippen LogP contribution in [0.15, 0.2) is 42.5 Å². The summed E-state index contributed by atoms with van der Waals surface area (Å²) < 4.78 is 16.6. The summed E-state index contributed by atoms with van der Waals surface area (Å²) in [5.74, 6) is 1.92. The van der Waals surface area contributed by atoms with Crippen molar-refractivity contribution in [3.05, 3.63) is 53.6 Å². The van der Waals surface area contributed by atoms with E-state index >= 15 is 0 Å². The quantitative estimate of drug-likeness (QED) is 0.418. The van der Waals surface area contributed by atoms with E-state index in [1.807, 2.05) is 77.1 Å². The van der Waals surface area contributed by atoms with Gasteiger partial charge >= 0.3 is 0 Å². The average molecular weight is 485 g/mol. The van der Waals surface area contributed by atoms with Gasteiger partial charge in [-0.05, 0) is 75.9 Å². The Bertz CT molecular complexity index is 943. The van der Waals surface area contributed by atoms with Gasteiger partial charge in [-0.25, -0.2) is 0 Å². The molecule has 0 aliphatic rings. The molecule has 0 saturated heterocycles. The van der Waals surface area contributed by atoms with Gasteiger partial charge in [-0.2, -0.15) is 0 Å². The van der Waals surface area contributed by atoms with Gasteiger partial charge in [0.1, 0.15) is 11.8 Å². The molecular formula is C28H40N2O5. The maximum Gasteiger partial charge on any atom is 0.243 e. The highest BCUT2D eigenvalue weighted by atomic mass is 16.5. The van der Waals surface area contributed by atoms with E-state index in [0.29, 0.717) is 44.1 Å². The highest BCUT2D eigenvalue weighted by molar-refractivity contribution is 5.87. The van der Waals surface area contributed by atoms with E-state index in [0.717, 1.165) is 16.9 Å². The monoisotopic (exact) mass is 484 g/mol. The molecule has 0 fully saturated rings. The molecule has 0 aliphatic carbocycles. The maximum absolute atomic E-state index is 13.5. The summed E-state index contributed by atoms with van der Waals surface area (Å²) in [6, 6.07) is 12.8. The van der Waals surface area contributed by atoms with Crippen molar-refractivity contribution in [2.24, 2.45) is 0 Å². The Kier molecular flexibility index (Phi) is 11.4. The van der Waals surface area contributed by atoms with Crippen molar-refractivity contribution in [1.29, 1.82) is 0 Å². The lowest BCUT2D eigenvalue weighted by Crippen LogP contribution is -2.50. The molecule has 7 nitrogen and oxygen atoms in total. The number of amides is 2. The molecule has 1 atom stereocenters. The smallest absolute Gasteiger partial charge is 0.243 e. The fourth-order valence-electron chi connectivity index (χ4n) is 3.87. The second-order valence-corrected chi connectivity index (χ2v) is 8.60. The highest BCUT2D eigenvalue weighted by Crippen LogP contribution is 2.29. The zero-order valence-electron chi connectivity index (χ0n) is 21.9. The standard InChI is InChI=1S/C28H40N2O5/c1-7-24(28(32)29-20(4)5)30(19-22-10-14-23(33-6)15-11-22)27(31)17-13-21-12-16-25(34-8-2)26(18-21)35-9-3/h10-12,14-16,18,20,24H,7-9,13,17,19H2,1-6H3,(H,29,32). The summed E-state index contributed by atoms with van der Waals surface area (Å²) in [5, 5.41) is 2.96. The molecule has 1 unspecified atom stereocenters. The summed E-state index contributed by atoms with van der Waals surface area (Å²) in [7, 11) is 1.62. The van der Waals surface area contributed by atoms with Gasteiger partial charge in [-0.1, -0.05) is 25.1 Å². The molecule has 2 amide bonds. The van der Waals surface area contributed by atoms with Gasteiger partial charge in [0.05, 0.1) is 20.3 Å². The third-order valence-electron chi connectivity index (χ3n) is 5.56. The van der Waals surface area contributed by atoms with Crippen LogP contribution in [-0.2, 0) is 22.6 Å². The van der Waals surface area contributed by atoms with Gasteiger partial charge in [0, 0.05) is 19.0 Å². The number of ether oxygens (including phenoxy) is 3. The van der Waals surface area contributed by atoms with Crippen molar-refractivity contribution in [3.8, 4) is 17.2 Å². The Labute approximate surface area is 209 Å². The first-order chi connectivity index (χ1) is 16.8. The number of nitrogens with zero attached hydrogens (tertiary/aromatic N) is 1. The first kappa shape index (κ1) is 28.0. The topological polar surface area (TPSA) is 77.1 Å². The minimum Gasteiger partial charge on any atom is -0.497 e. The second-order valence-electron chi connectivity index (χ2n) is 8.60. The minimum atomic E-state index is -0.550. The summed E-state index contributed by atoms with van der Waals surface area (Å²) in [4.78, 5) is 28.1. The molecule has 1 N–H and O–H groups in total. The largest absolute Gasteiger partial charge is 0.497 e. The van der Waals surface area contributed by atoms with Crippen LogP contribution < -0.4 is 19.5 Å². The van der Waals surface area contributed by atoms with Crippen molar-refractivity contribution < 1.29 is 23.8 Å². The molecule has 2 aromatic carbocycles. The third-order valence-corrected chi connectivity index (χ3v) is 5.56. The Balaban J connectivity index is 2.23. The fourth-order valence-corrected chi connectivity index (χ4v) is 3.87. The molecular weight excluding hydrogens is 444 g/mol. The number of rotatable bonds is 14.